The first-order valence-electron chi connectivity index (χ1n) is 27.1. The van der Waals surface area contributed by atoms with E-state index >= 15 is 4.39 Å². The van der Waals surface area contributed by atoms with Crippen LogP contribution in [-0.2, 0) is 35.0 Å². The first-order valence-corrected chi connectivity index (χ1v) is 31.1. The summed E-state index contributed by atoms with van der Waals surface area (Å²) in [5.41, 5.74) is 1.77. The summed E-state index contributed by atoms with van der Waals surface area (Å²) in [5.74, 6) is -0.295. The van der Waals surface area contributed by atoms with Crippen molar-refractivity contribution in [1.82, 2.24) is 31.0 Å². The van der Waals surface area contributed by atoms with E-state index < -0.39 is 53.2 Å². The SMILES string of the molecule is CCCCCCCOc1ccc(-c2nnc(-c3ccc(Br)cc3F)s2)cc1.CCCCCCCOc1ccc(-c2nnc(-c3ccc(C[C@H](NC(=O)OC(C)(C)C)C(=O)OC)cc3F)s2)cc1.COC(=O)[C@H](CI)NC(=O)OC(C)(C)C. The van der Waals surface area contributed by atoms with Crippen molar-refractivity contribution in [1.29, 1.82) is 0 Å². The average Bonchev–Trinajstić information content (AvgIpc) is 4.24. The lowest BCUT2D eigenvalue weighted by Gasteiger charge is -2.22. The second-order valence-corrected chi connectivity index (χ2v) is 24.4. The molecule has 2 atom stereocenters. The fourth-order valence-electron chi connectivity index (χ4n) is 7.37. The number of esters is 2. The van der Waals surface area contributed by atoms with Crippen LogP contribution in [0.3, 0.4) is 0 Å². The molecule has 0 aliphatic carbocycles. The summed E-state index contributed by atoms with van der Waals surface area (Å²) in [6.07, 6.45) is 10.7. The predicted octanol–water partition coefficient (Wildman–Crippen LogP) is 15.6. The van der Waals surface area contributed by atoms with Crippen LogP contribution in [0.2, 0.25) is 0 Å². The van der Waals surface area contributed by atoms with E-state index in [9.17, 15) is 23.6 Å². The molecule has 82 heavy (non-hydrogen) atoms. The van der Waals surface area contributed by atoms with E-state index in [1.54, 1.807) is 65.8 Å². The van der Waals surface area contributed by atoms with Gasteiger partial charge in [0.25, 0.3) is 0 Å². The van der Waals surface area contributed by atoms with Crippen LogP contribution in [0, 0.1) is 11.6 Å². The number of nitrogens with one attached hydrogen (secondary N) is 2. The van der Waals surface area contributed by atoms with Gasteiger partial charge in [0.15, 0.2) is 10.0 Å². The van der Waals surface area contributed by atoms with Crippen molar-refractivity contribution in [2.45, 2.75) is 149 Å². The smallest absolute Gasteiger partial charge is 0.408 e. The van der Waals surface area contributed by atoms with Gasteiger partial charge >= 0.3 is 24.1 Å². The monoisotopic (exact) mass is 1350 g/mol. The minimum Gasteiger partial charge on any atom is -0.494 e. The van der Waals surface area contributed by atoms with Crippen LogP contribution in [0.1, 0.15) is 125 Å². The summed E-state index contributed by atoms with van der Waals surface area (Å²) < 4.78 is 61.5. The zero-order chi connectivity index (χ0) is 60.2. The fourth-order valence-corrected chi connectivity index (χ4v) is 10.0. The van der Waals surface area contributed by atoms with Crippen LogP contribution >= 0.6 is 61.2 Å². The molecule has 0 aliphatic heterocycles. The maximum atomic E-state index is 15.1. The number of hydrogen-bond donors (Lipinski definition) is 2. The standard InChI is InChI=1S/C30H38FN3O5S.C21H22BrFN2OS.C9H16INO4/c1-6-7-8-9-10-17-38-22-14-12-21(13-15-22)26-33-34-27(40-26)23-16-11-20(18-24(23)31)19-25(28(35)37-5)32-29(36)39-30(2,3)4;1-2-3-4-5-6-13-26-17-10-7-15(8-11-17)20-24-25-21(27-20)18-12-9-16(22)14-19(18)23;1-9(2,3)15-8(13)11-6(5-10)7(12)14-4/h11-16,18,25H,6-10,17,19H2,1-5H3,(H,32,36);7-12,14H,2-6,13H2,1H3;6H,5H2,1-4H3,(H,11,13)/t25-;;6-/m0.0/s1. The molecule has 0 fully saturated rings. The Labute approximate surface area is 510 Å². The lowest BCUT2D eigenvalue weighted by molar-refractivity contribution is -0.143. The Bertz CT molecular complexity index is 2920. The molecule has 4 aromatic carbocycles. The van der Waals surface area contributed by atoms with Crippen molar-refractivity contribution < 1.29 is 56.4 Å². The second-order valence-electron chi connectivity index (χ2n) is 20.6. The van der Waals surface area contributed by atoms with Crippen LogP contribution in [0.15, 0.2) is 89.4 Å². The van der Waals surface area contributed by atoms with Gasteiger partial charge in [-0.15, -0.1) is 20.4 Å². The number of alkyl halides is 1. The van der Waals surface area contributed by atoms with E-state index in [0.29, 0.717) is 47.2 Å². The molecular formula is C60H76BrF2IN6O10S2. The largest absolute Gasteiger partial charge is 0.494 e. The highest BCUT2D eigenvalue weighted by atomic mass is 127. The molecule has 446 valence electrons. The maximum Gasteiger partial charge on any atom is 0.408 e. The molecule has 2 aromatic heterocycles. The third-order valence-corrected chi connectivity index (χ3v) is 14.8. The molecule has 0 unspecified atom stereocenters. The number of amides is 2. The predicted molar refractivity (Wildman–Crippen MR) is 331 cm³/mol. The van der Waals surface area contributed by atoms with Crippen LogP contribution in [0.4, 0.5) is 18.4 Å². The molecule has 0 aliphatic rings. The molecule has 0 radical (unpaired) electrons. The van der Waals surface area contributed by atoms with Gasteiger partial charge in [0.2, 0.25) is 0 Å². The minimum atomic E-state index is -1.04. The van der Waals surface area contributed by atoms with Crippen molar-refractivity contribution >= 4 is 85.3 Å². The Morgan fingerprint density at radius 3 is 1.37 bits per heavy atom. The quantitative estimate of drug-likeness (QED) is 0.0180. The lowest BCUT2D eigenvalue weighted by Crippen LogP contribution is -2.45. The minimum absolute atomic E-state index is 0.0254. The van der Waals surface area contributed by atoms with Gasteiger partial charge in [0.1, 0.15) is 56.4 Å². The number of halogens is 4. The second kappa shape index (κ2) is 35.3. The Hall–Kier alpha value is -5.85. The zero-order valence-corrected chi connectivity index (χ0v) is 53.7. The van der Waals surface area contributed by atoms with Crippen molar-refractivity contribution in [3.8, 4) is 53.8 Å². The third kappa shape index (κ3) is 24.9. The zero-order valence-electron chi connectivity index (χ0n) is 48.3. The van der Waals surface area contributed by atoms with E-state index in [1.807, 2.05) is 71.1 Å². The number of carbonyl (C=O) groups is 4. The summed E-state index contributed by atoms with van der Waals surface area (Å²) >= 11 is 7.91. The van der Waals surface area contributed by atoms with E-state index in [-0.39, 0.29) is 12.2 Å². The number of unbranched alkanes of at least 4 members (excludes halogenated alkanes) is 8. The Balaban J connectivity index is 0.000000295. The molecule has 16 nitrogen and oxygen atoms in total. The molecule has 0 saturated carbocycles. The van der Waals surface area contributed by atoms with Crippen LogP contribution < -0.4 is 20.1 Å². The van der Waals surface area contributed by atoms with Gasteiger partial charge in [-0.3, -0.25) is 0 Å². The molecule has 6 aromatic rings. The van der Waals surface area contributed by atoms with Crippen molar-refractivity contribution in [2.75, 3.05) is 31.9 Å². The molecule has 2 N–H and O–H groups in total. The van der Waals surface area contributed by atoms with Gasteiger partial charge in [0, 0.05) is 37.6 Å². The van der Waals surface area contributed by atoms with Gasteiger partial charge in [-0.25, -0.2) is 28.0 Å². The molecule has 0 bridgehead atoms. The van der Waals surface area contributed by atoms with Crippen molar-refractivity contribution in [3.05, 3.63) is 107 Å². The van der Waals surface area contributed by atoms with Crippen molar-refractivity contribution in [3.63, 3.8) is 0 Å². The molecular weight excluding hydrogens is 1270 g/mol. The number of nitrogens with zero attached hydrogens (tertiary/aromatic N) is 4. The van der Waals surface area contributed by atoms with Gasteiger partial charge in [-0.05, 0) is 139 Å². The van der Waals surface area contributed by atoms with Gasteiger partial charge in [0.05, 0.1) is 27.4 Å². The number of aromatic nitrogens is 4. The number of rotatable bonds is 25. The molecule has 2 heterocycles. The van der Waals surface area contributed by atoms with Crippen LogP contribution in [-0.4, -0.2) is 99.7 Å². The highest BCUT2D eigenvalue weighted by Crippen LogP contribution is 2.35. The normalized spacial score (nSPS) is 11.8. The molecule has 0 saturated heterocycles. The van der Waals surface area contributed by atoms with E-state index in [1.165, 1.54) is 100 Å². The van der Waals surface area contributed by atoms with Crippen LogP contribution in [0.5, 0.6) is 11.5 Å². The Kier molecular flexibility index (Phi) is 29.6. The highest BCUT2D eigenvalue weighted by Gasteiger charge is 2.27. The first-order chi connectivity index (χ1) is 39.1. The molecule has 0 spiro atoms. The van der Waals surface area contributed by atoms with Crippen molar-refractivity contribution in [2.24, 2.45) is 0 Å². The Morgan fingerprint density at radius 2 is 0.963 bits per heavy atom. The van der Waals surface area contributed by atoms with Gasteiger partial charge in [-0.2, -0.15) is 0 Å². The third-order valence-electron chi connectivity index (χ3n) is 11.5. The maximum absolute atomic E-state index is 15.1. The summed E-state index contributed by atoms with van der Waals surface area (Å²) in [6, 6.07) is 23.3. The first kappa shape index (κ1) is 68.6. The summed E-state index contributed by atoms with van der Waals surface area (Å²) in [6.45, 7) is 16.3. The highest BCUT2D eigenvalue weighted by molar-refractivity contribution is 14.1. The number of methoxy groups -OCH3 is 2. The van der Waals surface area contributed by atoms with E-state index in [0.717, 1.165) is 47.1 Å². The lowest BCUT2D eigenvalue weighted by atomic mass is 10.0. The molecule has 6 rings (SSSR count). The summed E-state index contributed by atoms with van der Waals surface area (Å²) in [4.78, 5) is 46.9. The number of ether oxygens (including phenoxy) is 6. The summed E-state index contributed by atoms with van der Waals surface area (Å²) in [5, 5.41) is 24.1. The van der Waals surface area contributed by atoms with Gasteiger partial charge in [-0.1, -0.05) is 132 Å². The number of benzene rings is 4. The number of carbonyl (C=O) groups excluding carboxylic acids is 4. The average molecular weight is 1350 g/mol. The van der Waals surface area contributed by atoms with Gasteiger partial charge < -0.3 is 39.1 Å². The van der Waals surface area contributed by atoms with Crippen LogP contribution in [0.25, 0.3) is 42.3 Å². The molecule has 2 amide bonds. The summed E-state index contributed by atoms with van der Waals surface area (Å²) in [7, 11) is 2.50. The van der Waals surface area contributed by atoms with E-state index in [4.69, 9.17) is 23.7 Å². The number of alkyl carbamates (subject to hydrolysis) is 2. The molecule has 22 heteroatoms. The Morgan fingerprint density at radius 1 is 0.561 bits per heavy atom. The van der Waals surface area contributed by atoms with E-state index in [2.05, 4.69) is 65.5 Å². The number of hydrogen-bond acceptors (Lipinski definition) is 16. The topological polar surface area (TPSA) is 199 Å². The fraction of sp³-hybridized carbons (Fsp3) is 0.467.